The summed E-state index contributed by atoms with van der Waals surface area (Å²) in [4.78, 5) is 1.00. The van der Waals surface area contributed by atoms with Gasteiger partial charge in [-0.15, -0.1) is 0 Å². The fourth-order valence-electron chi connectivity index (χ4n) is 0.755. The molecule has 0 spiro atoms. The van der Waals surface area contributed by atoms with Crippen LogP contribution < -0.4 is 9.58 Å². The first-order valence-corrected chi connectivity index (χ1v) is 9.40. The summed E-state index contributed by atoms with van der Waals surface area (Å²) < 4.78 is 141. The second-order valence-electron chi connectivity index (χ2n) is 4.24. The van der Waals surface area contributed by atoms with Crippen molar-refractivity contribution in [2.24, 2.45) is 0 Å². The van der Waals surface area contributed by atoms with Crippen LogP contribution in [0, 0.1) is 0 Å². The van der Waals surface area contributed by atoms with Crippen molar-refractivity contribution in [1.82, 2.24) is 0 Å². The smallest absolute Gasteiger partial charge is 0.485 e. The first-order valence-electron chi connectivity index (χ1n) is 6.58. The van der Waals surface area contributed by atoms with Crippen LogP contribution in [0.25, 0.3) is 0 Å². The minimum atomic E-state index is -6.09. The van der Waals surface area contributed by atoms with E-state index in [4.69, 9.17) is 25.9 Å². The number of hydrogen-bond donors (Lipinski definition) is 0. The molecule has 0 aromatic carbocycles. The highest BCUT2D eigenvalue weighted by Crippen LogP contribution is 2.21. The van der Waals surface area contributed by atoms with E-state index < -0.39 is 31.3 Å². The maximum atomic E-state index is 11.8. The summed E-state index contributed by atoms with van der Waals surface area (Å²) in [5.41, 5.74) is -11.3. The fraction of sp³-hybridized carbons (Fsp3) is 0.167. The number of halogens is 8. The Bertz CT molecular complexity index is 857. The van der Waals surface area contributed by atoms with Gasteiger partial charge in [0.2, 0.25) is 24.8 Å². The molecule has 0 bridgehead atoms. The Morgan fingerprint density at radius 2 is 0.700 bits per heavy atom. The molecule has 18 heteroatoms. The highest BCUT2D eigenvalue weighted by molar-refractivity contribution is 7.86. The maximum Gasteiger partial charge on any atom is 0.485 e. The zero-order valence-electron chi connectivity index (χ0n) is 14.0. The summed E-state index contributed by atoms with van der Waals surface area (Å²) in [6.07, 6.45) is 5.33. The molecule has 0 atom stereocenters. The van der Waals surface area contributed by atoms with Gasteiger partial charge in [-0.3, -0.25) is 0 Å². The van der Waals surface area contributed by atoms with Gasteiger partial charge in [0, 0.05) is 33.8 Å². The van der Waals surface area contributed by atoms with E-state index >= 15 is 0 Å². The Labute approximate surface area is 164 Å². The highest BCUT2D eigenvalue weighted by atomic mass is 32.2. The van der Waals surface area contributed by atoms with E-state index in [1.807, 2.05) is 0 Å². The van der Waals surface area contributed by atoms with Gasteiger partial charge in [0.1, 0.15) is 0 Å². The molecule has 0 amide bonds. The summed E-state index contributed by atoms with van der Waals surface area (Å²) in [6.45, 7) is 0. The van der Waals surface area contributed by atoms with Crippen LogP contribution in [-0.2, 0) is 20.2 Å². The lowest BCUT2D eigenvalue weighted by molar-refractivity contribution is -0.843. The van der Waals surface area contributed by atoms with Gasteiger partial charge in [0.05, 0.1) is 8.96 Å². The molecule has 2 heterocycles. The standard InChI is InChI=1S/2C5H5FN.2CHF3O3S/c2*6-7-4-2-1-3-5-7;2*2-1(3,4)8(5,6)7/h2*1-5H;2*(H,5,6,7)/q2*+1;;/p-2. The average Bonchev–Trinajstić information content (AvgIpc) is 2.54. The molecule has 0 aliphatic rings. The van der Waals surface area contributed by atoms with Crippen molar-refractivity contribution in [3.8, 4) is 0 Å². The third kappa shape index (κ3) is 15.5. The van der Waals surface area contributed by atoms with E-state index in [-0.39, 0.29) is 0 Å². The summed E-state index contributed by atoms with van der Waals surface area (Å²) >= 11 is 0. The Hall–Kier alpha value is -2.44. The van der Waals surface area contributed by atoms with Crippen molar-refractivity contribution in [3.63, 3.8) is 0 Å². The van der Waals surface area contributed by atoms with Crippen molar-refractivity contribution in [2.45, 2.75) is 11.0 Å². The van der Waals surface area contributed by atoms with E-state index in [9.17, 15) is 35.3 Å². The van der Waals surface area contributed by atoms with E-state index in [1.165, 1.54) is 24.8 Å². The number of pyridine rings is 2. The molecule has 0 unspecified atom stereocenters. The lowest BCUT2D eigenvalue weighted by Crippen LogP contribution is -2.21. The minimum Gasteiger partial charge on any atom is -0.741 e. The summed E-state index contributed by atoms with van der Waals surface area (Å²) in [5.74, 6) is 0. The van der Waals surface area contributed by atoms with Gasteiger partial charge in [-0.25, -0.2) is 16.8 Å². The van der Waals surface area contributed by atoms with Crippen LogP contribution in [0.3, 0.4) is 0 Å². The van der Waals surface area contributed by atoms with Gasteiger partial charge in [-0.1, -0.05) is 12.1 Å². The molecule has 172 valence electrons. The van der Waals surface area contributed by atoms with Crippen LogP contribution in [0.1, 0.15) is 0 Å². The van der Waals surface area contributed by atoms with Crippen molar-refractivity contribution in [3.05, 3.63) is 61.2 Å². The number of hydrogen-bond acceptors (Lipinski definition) is 6. The molecule has 0 saturated heterocycles. The lowest BCUT2D eigenvalue weighted by Gasteiger charge is -2.08. The Balaban J connectivity index is 0. The zero-order valence-corrected chi connectivity index (χ0v) is 15.6. The summed E-state index contributed by atoms with van der Waals surface area (Å²) in [7, 11) is -12.2. The van der Waals surface area contributed by atoms with Crippen molar-refractivity contribution in [2.75, 3.05) is 0 Å². The number of rotatable bonds is 0. The Morgan fingerprint density at radius 3 is 0.767 bits per heavy atom. The Morgan fingerprint density at radius 1 is 0.533 bits per heavy atom. The van der Waals surface area contributed by atoms with Gasteiger partial charge in [0.25, 0.3) is 0 Å². The van der Waals surface area contributed by atoms with E-state index in [2.05, 4.69) is 0 Å². The molecule has 30 heavy (non-hydrogen) atoms. The molecule has 2 aromatic heterocycles. The quantitative estimate of drug-likeness (QED) is 0.311. The van der Waals surface area contributed by atoms with Gasteiger partial charge in [0.15, 0.2) is 20.2 Å². The van der Waals surface area contributed by atoms with Gasteiger partial charge in [-0.2, -0.15) is 26.3 Å². The molecular formula is C12H10F8N2O6S2. The van der Waals surface area contributed by atoms with Crippen LogP contribution in [0.2, 0.25) is 0 Å². The summed E-state index contributed by atoms with van der Waals surface area (Å²) in [5, 5.41) is 0. The van der Waals surface area contributed by atoms with E-state index in [0.717, 1.165) is 0 Å². The summed E-state index contributed by atoms with van der Waals surface area (Å²) in [6, 6.07) is 10.0. The van der Waals surface area contributed by atoms with E-state index in [0.29, 0.717) is 9.58 Å². The van der Waals surface area contributed by atoms with Gasteiger partial charge >= 0.3 is 11.0 Å². The monoisotopic (exact) mass is 494 g/mol. The first-order chi connectivity index (χ1) is 13.3. The second-order valence-corrected chi connectivity index (χ2v) is 6.98. The molecule has 0 N–H and O–H groups in total. The molecule has 0 radical (unpaired) electrons. The number of alkyl halides is 6. The second kappa shape index (κ2) is 12.3. The molecular weight excluding hydrogens is 484 g/mol. The zero-order chi connectivity index (χ0) is 24.2. The molecule has 0 saturated carbocycles. The Kier molecular flexibility index (Phi) is 12.2. The molecule has 2 rings (SSSR count). The fourth-order valence-corrected chi connectivity index (χ4v) is 0.755. The topological polar surface area (TPSA) is 122 Å². The molecule has 0 aliphatic heterocycles. The normalized spacial score (nSPS) is 11.5. The van der Waals surface area contributed by atoms with Gasteiger partial charge < -0.3 is 9.11 Å². The first kappa shape index (κ1) is 29.8. The van der Waals surface area contributed by atoms with Gasteiger partial charge in [-0.05, 0) is 0 Å². The van der Waals surface area contributed by atoms with E-state index in [1.54, 1.807) is 36.4 Å². The van der Waals surface area contributed by atoms with Crippen LogP contribution in [0.5, 0.6) is 0 Å². The highest BCUT2D eigenvalue weighted by Gasteiger charge is 2.37. The predicted molar refractivity (Wildman–Crippen MR) is 77.8 cm³/mol. The third-order valence-electron chi connectivity index (χ3n) is 1.93. The molecule has 0 aliphatic carbocycles. The SMILES string of the molecule is F[n+]1ccccc1.F[n+]1ccccc1.O=S(=O)([O-])C(F)(F)F.O=S(=O)([O-])C(F)(F)F. The van der Waals surface area contributed by atoms with Crippen LogP contribution in [0.15, 0.2) is 61.2 Å². The lowest BCUT2D eigenvalue weighted by atomic mass is 10.5. The predicted octanol–water partition coefficient (Wildman–Crippen LogP) is 1.52. The van der Waals surface area contributed by atoms with Crippen LogP contribution >= 0.6 is 0 Å². The minimum absolute atomic E-state index is 0.500. The third-order valence-corrected chi connectivity index (χ3v) is 3.06. The van der Waals surface area contributed by atoms with Crippen molar-refractivity contribution in [1.29, 1.82) is 0 Å². The van der Waals surface area contributed by atoms with Crippen molar-refractivity contribution >= 4 is 20.2 Å². The maximum absolute atomic E-state index is 11.8. The largest absolute Gasteiger partial charge is 0.741 e. The number of nitrogens with zero attached hydrogens (tertiary/aromatic N) is 2. The van der Waals surface area contributed by atoms with Crippen molar-refractivity contribution < 1.29 is 70.8 Å². The van der Waals surface area contributed by atoms with Crippen LogP contribution in [0.4, 0.5) is 35.3 Å². The average molecular weight is 494 g/mol. The van der Waals surface area contributed by atoms with Crippen LogP contribution in [-0.4, -0.2) is 37.0 Å². The molecule has 8 nitrogen and oxygen atoms in total. The number of aromatic nitrogens is 2. The molecule has 0 fully saturated rings. The molecule has 2 aromatic rings.